The number of amides is 1. The van der Waals surface area contributed by atoms with Gasteiger partial charge in [0.05, 0.1) is 17.5 Å². The van der Waals surface area contributed by atoms with Gasteiger partial charge in [0.2, 0.25) is 5.91 Å². The molecule has 3 rings (SSSR count). The van der Waals surface area contributed by atoms with Gasteiger partial charge in [0.25, 0.3) is 0 Å². The summed E-state index contributed by atoms with van der Waals surface area (Å²) in [6.07, 6.45) is 1.33. The van der Waals surface area contributed by atoms with Gasteiger partial charge < -0.3 is 29.3 Å². The highest BCUT2D eigenvalue weighted by Gasteiger charge is 2.59. The molecule has 1 amide bonds. The van der Waals surface area contributed by atoms with Crippen LogP contribution in [0.2, 0.25) is 0 Å². The summed E-state index contributed by atoms with van der Waals surface area (Å²) in [5, 5.41) is 2.58. The topological polar surface area (TPSA) is 127 Å². The Morgan fingerprint density at radius 2 is 2.00 bits per heavy atom. The lowest BCUT2D eigenvalue weighted by Crippen LogP contribution is -2.64. The van der Waals surface area contributed by atoms with Gasteiger partial charge in [-0.2, -0.15) is 0 Å². The Labute approximate surface area is 211 Å². The molecule has 10 nitrogen and oxygen atoms in total. The van der Waals surface area contributed by atoms with Crippen molar-refractivity contribution in [2.45, 2.75) is 100 Å². The number of likely N-dealkylation sites (N-methyl/N-ethyl adjacent to an activating group) is 1. The number of thioether (sulfide) groups is 1. The van der Waals surface area contributed by atoms with Crippen LogP contribution in [-0.4, -0.2) is 93.5 Å². The largest absolute Gasteiger partial charge is 0.470 e. The van der Waals surface area contributed by atoms with Crippen molar-refractivity contribution in [2.75, 3.05) is 19.8 Å². The molecule has 0 aliphatic carbocycles. The summed E-state index contributed by atoms with van der Waals surface area (Å²) in [7, 11) is -2.87. The van der Waals surface area contributed by atoms with Crippen molar-refractivity contribution in [2.24, 2.45) is 5.92 Å². The highest BCUT2D eigenvalue weighted by molar-refractivity contribution is 7.99. The fraction of sp³-hybridized carbons (Fsp3) is 0.952. The first-order valence-corrected chi connectivity index (χ1v) is 14.9. The van der Waals surface area contributed by atoms with E-state index in [1.165, 1.54) is 11.8 Å². The summed E-state index contributed by atoms with van der Waals surface area (Å²) in [5.41, 5.74) is -0.769. The zero-order valence-electron chi connectivity index (χ0n) is 20.5. The van der Waals surface area contributed by atoms with Crippen LogP contribution in [0.4, 0.5) is 0 Å². The number of hydrogen-bond donors (Lipinski definition) is 3. The number of hydrogen-bond acceptors (Lipinski definition) is 8. The minimum atomic E-state index is -4.82. The van der Waals surface area contributed by atoms with Crippen molar-refractivity contribution in [3.63, 3.8) is 0 Å². The van der Waals surface area contributed by atoms with Gasteiger partial charge in [0.1, 0.15) is 29.9 Å². The van der Waals surface area contributed by atoms with Crippen molar-refractivity contribution in [1.82, 2.24) is 10.2 Å². The van der Waals surface area contributed by atoms with Gasteiger partial charge in [-0.15, -0.1) is 23.4 Å². The molecule has 0 aromatic heterocycles. The molecule has 3 saturated heterocycles. The van der Waals surface area contributed by atoms with Crippen LogP contribution >= 0.6 is 31.2 Å². The molecule has 3 aliphatic rings. The predicted molar refractivity (Wildman–Crippen MR) is 130 cm³/mol. The Morgan fingerprint density at radius 3 is 2.56 bits per heavy atom. The third-order valence-electron chi connectivity index (χ3n) is 6.65. The molecule has 0 aromatic carbocycles. The lowest BCUT2D eigenvalue weighted by Gasteiger charge is -2.44. The average Bonchev–Trinajstić information content (AvgIpc) is 3.24. The Bertz CT molecular complexity index is 771. The van der Waals surface area contributed by atoms with Crippen molar-refractivity contribution in [3.8, 4) is 0 Å². The van der Waals surface area contributed by atoms with E-state index in [4.69, 9.17) is 30.3 Å². The van der Waals surface area contributed by atoms with E-state index in [9.17, 15) is 19.1 Å². The molecule has 3 aliphatic heterocycles. The number of alkyl halides is 1. The van der Waals surface area contributed by atoms with Gasteiger partial charge in [-0.1, -0.05) is 13.3 Å². The molecule has 0 saturated carbocycles. The molecule has 34 heavy (non-hydrogen) atoms. The molecular weight excluding hydrogens is 507 g/mol. The molecule has 0 aromatic rings. The molecular formula is C21H38ClN2O8PS. The van der Waals surface area contributed by atoms with E-state index in [0.717, 1.165) is 25.8 Å². The molecule has 13 heteroatoms. The minimum absolute atomic E-state index is 0.119. The van der Waals surface area contributed by atoms with Gasteiger partial charge in [0, 0.05) is 6.54 Å². The summed E-state index contributed by atoms with van der Waals surface area (Å²) < 4.78 is 35.1. The summed E-state index contributed by atoms with van der Waals surface area (Å²) >= 11 is 7.81. The smallest absolute Gasteiger partial charge is 0.356 e. The van der Waals surface area contributed by atoms with E-state index in [2.05, 4.69) is 17.1 Å². The van der Waals surface area contributed by atoms with E-state index < -0.39 is 54.9 Å². The molecule has 0 radical (unpaired) electrons. The quantitative estimate of drug-likeness (QED) is 0.294. The van der Waals surface area contributed by atoms with Crippen molar-refractivity contribution in [3.05, 3.63) is 0 Å². The molecule has 0 spiro atoms. The van der Waals surface area contributed by atoms with Gasteiger partial charge in [-0.05, 0) is 52.8 Å². The molecule has 2 unspecified atom stereocenters. The zero-order valence-corrected chi connectivity index (χ0v) is 23.0. The number of fused-ring (bicyclic) bond motifs is 1. The SMILES string of the molecule is CCC[C@@H]1C[C@@H](C(=O)N[C@@H](C2O[C@@H](SC)C(OP(=O)(O)O)[C@@H]3OC(C)(C)O[C@@H]23)[C@H](C)Cl)N(C)C1. The predicted octanol–water partition coefficient (Wildman–Crippen LogP) is 2.30. The van der Waals surface area contributed by atoms with Crippen LogP contribution in [0.1, 0.15) is 47.0 Å². The standard InChI is InChI=1S/C21H38ClN2O8PS/c1-7-8-12-9-13(24(5)10-12)19(25)23-14(11(2)22)15-16-17(31-21(3,4)30-16)18(20(29-15)34-6)32-33(26,27)28/h11-18,20H,7-10H2,1-6H3,(H,23,25)(H2,26,27,28)/t11-,12+,13-,14+,15?,16-,17+,18?,20-/m0/s1. The molecule has 3 N–H and O–H groups in total. The van der Waals surface area contributed by atoms with Crippen LogP contribution in [0.25, 0.3) is 0 Å². The Kier molecular flexibility index (Phi) is 9.44. The number of nitrogens with zero attached hydrogens (tertiary/aromatic N) is 1. The number of carbonyl (C=O) groups excluding carboxylic acids is 1. The van der Waals surface area contributed by atoms with E-state index >= 15 is 0 Å². The third kappa shape index (κ3) is 6.68. The van der Waals surface area contributed by atoms with Crippen LogP contribution in [0.3, 0.4) is 0 Å². The van der Waals surface area contributed by atoms with Gasteiger partial charge in [-0.25, -0.2) is 4.57 Å². The maximum atomic E-state index is 13.3. The molecule has 198 valence electrons. The summed E-state index contributed by atoms with van der Waals surface area (Å²) in [5.74, 6) is -0.679. The van der Waals surface area contributed by atoms with Crippen LogP contribution in [-0.2, 0) is 28.1 Å². The maximum Gasteiger partial charge on any atom is 0.470 e. The van der Waals surface area contributed by atoms with E-state index in [0.29, 0.717) is 5.92 Å². The zero-order chi connectivity index (χ0) is 25.4. The van der Waals surface area contributed by atoms with Crippen LogP contribution < -0.4 is 5.32 Å². The highest BCUT2D eigenvalue weighted by atomic mass is 35.5. The second-order valence-corrected chi connectivity index (χ2v) is 12.7. The first kappa shape index (κ1) is 28.6. The fourth-order valence-corrected chi connectivity index (χ4v) is 6.84. The third-order valence-corrected chi connectivity index (χ3v) is 8.29. The normalized spacial score (nSPS) is 37.9. The van der Waals surface area contributed by atoms with Crippen LogP contribution in [0.15, 0.2) is 0 Å². The molecule has 3 fully saturated rings. The number of phosphoric ester groups is 1. The number of likely N-dealkylation sites (tertiary alicyclic amines) is 1. The van der Waals surface area contributed by atoms with Gasteiger partial charge in [0.15, 0.2) is 5.79 Å². The first-order chi connectivity index (χ1) is 15.8. The number of halogens is 1. The number of carbonyl (C=O) groups is 1. The van der Waals surface area contributed by atoms with Crippen molar-refractivity contribution < 1.29 is 37.9 Å². The van der Waals surface area contributed by atoms with Crippen LogP contribution in [0.5, 0.6) is 0 Å². The maximum absolute atomic E-state index is 13.3. The van der Waals surface area contributed by atoms with E-state index in [1.54, 1.807) is 27.0 Å². The van der Waals surface area contributed by atoms with Gasteiger partial charge in [-0.3, -0.25) is 14.2 Å². The Balaban J connectivity index is 1.83. The van der Waals surface area contributed by atoms with Gasteiger partial charge >= 0.3 is 7.82 Å². The molecule has 0 bridgehead atoms. The van der Waals surface area contributed by atoms with E-state index in [-0.39, 0.29) is 11.9 Å². The van der Waals surface area contributed by atoms with Crippen LogP contribution in [0, 0.1) is 5.92 Å². The molecule has 3 heterocycles. The summed E-state index contributed by atoms with van der Waals surface area (Å²) in [6, 6.07) is -0.878. The van der Waals surface area contributed by atoms with Crippen molar-refractivity contribution in [1.29, 1.82) is 0 Å². The number of ether oxygens (including phenoxy) is 3. The summed E-state index contributed by atoms with van der Waals surface area (Å²) in [4.78, 5) is 34.3. The molecule has 9 atom stereocenters. The lowest BCUT2D eigenvalue weighted by molar-refractivity contribution is -0.166. The highest BCUT2D eigenvalue weighted by Crippen LogP contribution is 2.48. The average molecular weight is 545 g/mol. The Morgan fingerprint density at radius 1 is 1.35 bits per heavy atom. The second kappa shape index (κ2) is 11.2. The monoisotopic (exact) mass is 544 g/mol. The lowest BCUT2D eigenvalue weighted by atomic mass is 9.92. The second-order valence-electron chi connectivity index (χ2n) is 9.89. The Hall–Kier alpha value is 0.0600. The number of nitrogens with one attached hydrogen (secondary N) is 1. The van der Waals surface area contributed by atoms with Crippen molar-refractivity contribution >= 4 is 37.1 Å². The first-order valence-electron chi connectivity index (χ1n) is 11.7. The minimum Gasteiger partial charge on any atom is -0.356 e. The number of phosphoric acid groups is 1. The van der Waals surface area contributed by atoms with E-state index in [1.807, 2.05) is 7.05 Å². The number of rotatable bonds is 9. The summed E-state index contributed by atoms with van der Waals surface area (Å²) in [6.45, 7) is 8.22. The fourth-order valence-electron chi connectivity index (χ4n) is 5.28.